The SMILES string of the molecule is CCNC(=NCc1ccc(F)c(C)c1)NCc1ccc(NC(=O)c2ccco2)cc1.I. The number of hydrogen-bond donors (Lipinski definition) is 3. The van der Waals surface area contributed by atoms with Crippen molar-refractivity contribution in [2.75, 3.05) is 11.9 Å². The van der Waals surface area contributed by atoms with Gasteiger partial charge in [0, 0.05) is 18.8 Å². The molecular formula is C23H26FIN4O2. The largest absolute Gasteiger partial charge is 0.459 e. The molecule has 0 unspecified atom stereocenters. The van der Waals surface area contributed by atoms with Gasteiger partial charge in [-0.3, -0.25) is 4.79 Å². The van der Waals surface area contributed by atoms with E-state index in [9.17, 15) is 9.18 Å². The van der Waals surface area contributed by atoms with Gasteiger partial charge in [-0.1, -0.05) is 24.3 Å². The van der Waals surface area contributed by atoms with Crippen LogP contribution in [0.4, 0.5) is 10.1 Å². The minimum absolute atomic E-state index is 0. The van der Waals surface area contributed by atoms with Crippen molar-refractivity contribution in [2.24, 2.45) is 4.99 Å². The molecule has 0 aliphatic heterocycles. The summed E-state index contributed by atoms with van der Waals surface area (Å²) in [5.74, 6) is 0.443. The van der Waals surface area contributed by atoms with Crippen LogP contribution in [-0.2, 0) is 13.1 Å². The summed E-state index contributed by atoms with van der Waals surface area (Å²) in [7, 11) is 0. The zero-order valence-corrected chi connectivity index (χ0v) is 19.8. The van der Waals surface area contributed by atoms with Gasteiger partial charge in [0.05, 0.1) is 12.8 Å². The van der Waals surface area contributed by atoms with Gasteiger partial charge in [0.25, 0.3) is 5.91 Å². The molecule has 0 spiro atoms. The first-order valence-corrected chi connectivity index (χ1v) is 9.76. The van der Waals surface area contributed by atoms with Crippen molar-refractivity contribution < 1.29 is 13.6 Å². The van der Waals surface area contributed by atoms with Gasteiger partial charge in [-0.25, -0.2) is 9.38 Å². The van der Waals surface area contributed by atoms with E-state index in [1.165, 1.54) is 12.3 Å². The molecule has 0 aliphatic carbocycles. The quantitative estimate of drug-likeness (QED) is 0.229. The number of aryl methyl sites for hydroxylation is 1. The standard InChI is InChI=1S/C23H25FN4O2.HI/c1-3-25-23(27-15-18-8-11-20(24)16(2)13-18)26-14-17-6-9-19(10-7-17)28-22(29)21-5-4-12-30-21;/h4-13H,3,14-15H2,1-2H3,(H,28,29)(H2,25,26,27);1H. The lowest BCUT2D eigenvalue weighted by molar-refractivity contribution is 0.0996. The van der Waals surface area contributed by atoms with Gasteiger partial charge in [0.1, 0.15) is 5.82 Å². The van der Waals surface area contributed by atoms with E-state index >= 15 is 0 Å². The number of hydrogen-bond acceptors (Lipinski definition) is 3. The molecule has 31 heavy (non-hydrogen) atoms. The first-order chi connectivity index (χ1) is 14.5. The molecule has 0 bridgehead atoms. The fourth-order valence-corrected chi connectivity index (χ4v) is 2.81. The fourth-order valence-electron chi connectivity index (χ4n) is 2.81. The molecule has 1 amide bonds. The highest BCUT2D eigenvalue weighted by Gasteiger charge is 2.08. The maximum Gasteiger partial charge on any atom is 0.291 e. The van der Waals surface area contributed by atoms with Crippen molar-refractivity contribution in [3.63, 3.8) is 0 Å². The lowest BCUT2D eigenvalue weighted by Gasteiger charge is -2.12. The van der Waals surface area contributed by atoms with Gasteiger partial charge < -0.3 is 20.4 Å². The van der Waals surface area contributed by atoms with Crippen molar-refractivity contribution in [3.8, 4) is 0 Å². The van der Waals surface area contributed by atoms with E-state index in [0.717, 1.165) is 17.7 Å². The minimum atomic E-state index is -0.288. The van der Waals surface area contributed by atoms with Crippen LogP contribution in [-0.4, -0.2) is 18.4 Å². The predicted molar refractivity (Wildman–Crippen MR) is 131 cm³/mol. The number of guanidine groups is 1. The molecule has 0 fully saturated rings. The molecular weight excluding hydrogens is 510 g/mol. The summed E-state index contributed by atoms with van der Waals surface area (Å²) in [6, 6.07) is 15.8. The van der Waals surface area contributed by atoms with Crippen molar-refractivity contribution >= 4 is 41.5 Å². The van der Waals surface area contributed by atoms with E-state index < -0.39 is 0 Å². The lowest BCUT2D eigenvalue weighted by atomic mass is 10.1. The molecule has 3 N–H and O–H groups in total. The molecule has 0 aliphatic rings. The maximum absolute atomic E-state index is 13.4. The number of nitrogens with one attached hydrogen (secondary N) is 3. The normalized spacial score (nSPS) is 10.9. The first-order valence-electron chi connectivity index (χ1n) is 9.76. The van der Waals surface area contributed by atoms with Gasteiger partial charge in [-0.15, -0.1) is 24.0 Å². The number of aliphatic imine (C=N–C) groups is 1. The van der Waals surface area contributed by atoms with Gasteiger partial charge in [-0.2, -0.15) is 0 Å². The van der Waals surface area contributed by atoms with Crippen molar-refractivity contribution in [1.82, 2.24) is 10.6 Å². The topological polar surface area (TPSA) is 78.7 Å². The van der Waals surface area contributed by atoms with Crippen LogP contribution in [0.15, 0.2) is 70.3 Å². The van der Waals surface area contributed by atoms with Crippen LogP contribution in [0.1, 0.15) is 34.2 Å². The van der Waals surface area contributed by atoms with E-state index in [2.05, 4.69) is 20.9 Å². The smallest absolute Gasteiger partial charge is 0.291 e. The Morgan fingerprint density at radius 2 is 1.81 bits per heavy atom. The molecule has 0 saturated heterocycles. The van der Waals surface area contributed by atoms with Crippen LogP contribution < -0.4 is 16.0 Å². The summed E-state index contributed by atoms with van der Waals surface area (Å²) in [4.78, 5) is 16.6. The second-order valence-corrected chi connectivity index (χ2v) is 6.76. The molecule has 0 atom stereocenters. The Hall–Kier alpha value is -2.88. The summed E-state index contributed by atoms with van der Waals surface area (Å²) < 4.78 is 18.5. The molecule has 3 aromatic rings. The number of furan rings is 1. The third-order valence-corrected chi connectivity index (χ3v) is 4.40. The highest BCUT2D eigenvalue weighted by atomic mass is 127. The zero-order chi connectivity index (χ0) is 21.3. The summed E-state index contributed by atoms with van der Waals surface area (Å²) in [5, 5.41) is 9.27. The summed E-state index contributed by atoms with van der Waals surface area (Å²) >= 11 is 0. The van der Waals surface area contributed by atoms with Crippen molar-refractivity contribution in [2.45, 2.75) is 26.9 Å². The van der Waals surface area contributed by atoms with Crippen LogP contribution in [0.2, 0.25) is 0 Å². The molecule has 1 heterocycles. The molecule has 6 nitrogen and oxygen atoms in total. The molecule has 0 saturated carbocycles. The van der Waals surface area contributed by atoms with E-state index in [4.69, 9.17) is 4.42 Å². The number of nitrogens with zero attached hydrogens (tertiary/aromatic N) is 1. The summed E-state index contributed by atoms with van der Waals surface area (Å²) in [6.45, 7) is 5.49. The highest BCUT2D eigenvalue weighted by Crippen LogP contribution is 2.12. The van der Waals surface area contributed by atoms with Gasteiger partial charge in [0.15, 0.2) is 11.7 Å². The minimum Gasteiger partial charge on any atom is -0.459 e. The van der Waals surface area contributed by atoms with E-state index in [-0.39, 0.29) is 41.5 Å². The van der Waals surface area contributed by atoms with E-state index in [0.29, 0.717) is 30.3 Å². The van der Waals surface area contributed by atoms with Crippen LogP contribution in [0, 0.1) is 12.7 Å². The third kappa shape index (κ3) is 7.39. The molecule has 0 radical (unpaired) electrons. The van der Waals surface area contributed by atoms with Gasteiger partial charge >= 0.3 is 0 Å². The Morgan fingerprint density at radius 3 is 2.45 bits per heavy atom. The van der Waals surface area contributed by atoms with Crippen LogP contribution in [0.3, 0.4) is 0 Å². The van der Waals surface area contributed by atoms with Gasteiger partial charge in [0.2, 0.25) is 0 Å². The second-order valence-electron chi connectivity index (χ2n) is 6.76. The second kappa shape index (κ2) is 12.1. The van der Waals surface area contributed by atoms with Crippen LogP contribution >= 0.6 is 24.0 Å². The van der Waals surface area contributed by atoms with Crippen molar-refractivity contribution in [1.29, 1.82) is 0 Å². The Morgan fingerprint density at radius 1 is 1.06 bits per heavy atom. The molecule has 164 valence electrons. The number of carbonyl (C=O) groups is 1. The monoisotopic (exact) mass is 536 g/mol. The fraction of sp³-hybridized carbons (Fsp3) is 0.217. The number of halogens is 2. The van der Waals surface area contributed by atoms with Gasteiger partial charge in [-0.05, 0) is 60.9 Å². The number of benzene rings is 2. The number of anilines is 1. The average Bonchev–Trinajstić information content (AvgIpc) is 3.29. The first kappa shape index (κ1) is 24.4. The molecule has 2 aromatic carbocycles. The number of amides is 1. The third-order valence-electron chi connectivity index (χ3n) is 4.40. The average molecular weight is 536 g/mol. The lowest BCUT2D eigenvalue weighted by Crippen LogP contribution is -2.36. The van der Waals surface area contributed by atoms with Crippen LogP contribution in [0.25, 0.3) is 0 Å². The Bertz CT molecular complexity index is 1000. The Balaban J connectivity index is 0.00000341. The highest BCUT2D eigenvalue weighted by molar-refractivity contribution is 14.0. The number of rotatable bonds is 7. The van der Waals surface area contributed by atoms with Crippen molar-refractivity contribution in [3.05, 3.63) is 89.1 Å². The Labute approximate surface area is 198 Å². The number of carbonyl (C=O) groups excluding carboxylic acids is 1. The molecule has 3 rings (SSSR count). The summed E-state index contributed by atoms with van der Waals surface area (Å²) in [6.07, 6.45) is 1.46. The van der Waals surface area contributed by atoms with E-state index in [1.807, 2.05) is 31.2 Å². The van der Waals surface area contributed by atoms with Crippen LogP contribution in [0.5, 0.6) is 0 Å². The predicted octanol–water partition coefficient (Wildman–Crippen LogP) is 4.85. The Kier molecular flexibility index (Phi) is 9.51. The van der Waals surface area contributed by atoms with E-state index in [1.54, 1.807) is 31.2 Å². The molecule has 1 aromatic heterocycles. The molecule has 8 heteroatoms. The zero-order valence-electron chi connectivity index (χ0n) is 17.4. The maximum atomic E-state index is 13.4. The summed E-state index contributed by atoms with van der Waals surface area (Å²) in [5.41, 5.74) is 3.28.